The van der Waals surface area contributed by atoms with E-state index in [4.69, 9.17) is 0 Å². The van der Waals surface area contributed by atoms with E-state index < -0.39 is 8.07 Å². The summed E-state index contributed by atoms with van der Waals surface area (Å²) in [5.41, 5.74) is 1.47. The summed E-state index contributed by atoms with van der Waals surface area (Å²) in [5, 5.41) is 1.68. The molecule has 0 saturated carbocycles. The van der Waals surface area contributed by atoms with Gasteiger partial charge >= 0.3 is 0 Å². The van der Waals surface area contributed by atoms with Crippen molar-refractivity contribution in [3.63, 3.8) is 0 Å². The van der Waals surface area contributed by atoms with E-state index in [-0.39, 0.29) is 46.5 Å². The van der Waals surface area contributed by atoms with Crippen LogP contribution in [0.5, 0.6) is 0 Å². The molecule has 1 aliphatic rings. The molecule has 94 valence electrons. The Bertz CT molecular complexity index is 242. The Balaban J connectivity index is -0.000000563. The fourth-order valence-electron chi connectivity index (χ4n) is 1.53. The van der Waals surface area contributed by atoms with E-state index in [1.54, 1.807) is 5.20 Å². The van der Waals surface area contributed by atoms with Crippen molar-refractivity contribution in [2.75, 3.05) is 0 Å². The van der Waals surface area contributed by atoms with E-state index in [9.17, 15) is 0 Å². The van der Waals surface area contributed by atoms with Gasteiger partial charge in [0.25, 0.3) is 0 Å². The molecule has 0 unspecified atom stereocenters. The fourth-order valence-corrected chi connectivity index (χ4v) is 2.76. The average Bonchev–Trinajstić information content (AvgIpc) is 2.47. The van der Waals surface area contributed by atoms with Crippen LogP contribution in [0.1, 0.15) is 32.6 Å². The van der Waals surface area contributed by atoms with Gasteiger partial charge in [-0.15, -0.1) is 31.2 Å². The van der Waals surface area contributed by atoms with E-state index in [1.807, 2.05) is 0 Å². The van der Waals surface area contributed by atoms with Crippen molar-refractivity contribution in [3.05, 3.63) is 22.9 Å². The van der Waals surface area contributed by atoms with Crippen molar-refractivity contribution < 1.29 is 21.7 Å². The van der Waals surface area contributed by atoms with Crippen molar-refractivity contribution in [2.45, 2.75) is 52.2 Å². The molecule has 0 bridgehead atoms. The predicted octanol–water partition coefficient (Wildman–Crippen LogP) is 4.95. The number of halogens is 2. The molecule has 0 atom stereocenters. The SMILES string of the molecule is CCCCC1=[C-]CC([Si](C)(C)C)=C1.Cl.Cl.[Ti]. The van der Waals surface area contributed by atoms with Gasteiger partial charge in [0.2, 0.25) is 0 Å². The predicted molar refractivity (Wildman–Crippen MR) is 76.8 cm³/mol. The molecule has 16 heavy (non-hydrogen) atoms. The van der Waals surface area contributed by atoms with Crippen LogP contribution >= 0.6 is 24.8 Å². The Morgan fingerprint density at radius 2 is 1.81 bits per heavy atom. The van der Waals surface area contributed by atoms with Crippen molar-refractivity contribution in [1.82, 2.24) is 0 Å². The Kier molecular flexibility index (Phi) is 13.8. The largest absolute Gasteiger partial charge is 0.270 e. The minimum absolute atomic E-state index is 0. The summed E-state index contributed by atoms with van der Waals surface area (Å²) in [6.45, 7) is 9.51. The first-order chi connectivity index (χ1) is 6.04. The Morgan fingerprint density at radius 1 is 1.25 bits per heavy atom. The molecule has 0 radical (unpaired) electrons. The standard InChI is InChI=1S/C12H21Si.2ClH.Ti/c1-5-6-7-11-8-9-12(10-11)13(2,3)4;;;/h10H,5-7,9H2,1-4H3;2*1H;/q-1;;;. The van der Waals surface area contributed by atoms with Crippen LogP contribution in [0, 0.1) is 6.08 Å². The molecule has 0 aromatic carbocycles. The zero-order valence-corrected chi connectivity index (χ0v) is 14.9. The van der Waals surface area contributed by atoms with Gasteiger partial charge in [-0.2, -0.15) is 5.20 Å². The molecule has 0 heterocycles. The molecule has 0 N–H and O–H groups in total. The summed E-state index contributed by atoms with van der Waals surface area (Å²) >= 11 is 0. The first-order valence-electron chi connectivity index (χ1n) is 5.35. The second-order valence-electron chi connectivity index (χ2n) is 4.90. The van der Waals surface area contributed by atoms with Gasteiger partial charge in [0.05, 0.1) is 8.07 Å². The smallest absolute Gasteiger partial charge is 0.0526 e. The molecule has 0 aromatic heterocycles. The van der Waals surface area contributed by atoms with Gasteiger partial charge in [-0.05, 0) is 0 Å². The molecular formula is C12H23Cl2SiTi-. The second-order valence-corrected chi connectivity index (χ2v) is 10.0. The van der Waals surface area contributed by atoms with Gasteiger partial charge in [-0.25, -0.2) is 11.6 Å². The maximum absolute atomic E-state index is 3.51. The minimum atomic E-state index is -1.03. The van der Waals surface area contributed by atoms with Crippen molar-refractivity contribution in [1.29, 1.82) is 0 Å². The van der Waals surface area contributed by atoms with Crippen LogP contribution in [0.25, 0.3) is 0 Å². The zero-order chi connectivity index (χ0) is 9.90. The minimum Gasteiger partial charge on any atom is -0.270 e. The third-order valence-electron chi connectivity index (χ3n) is 2.62. The molecule has 0 spiro atoms. The van der Waals surface area contributed by atoms with Crippen LogP contribution in [0.3, 0.4) is 0 Å². The Morgan fingerprint density at radius 3 is 2.19 bits per heavy atom. The first kappa shape index (κ1) is 22.2. The van der Waals surface area contributed by atoms with Crippen LogP contribution < -0.4 is 0 Å². The van der Waals surface area contributed by atoms with Crippen LogP contribution in [-0.2, 0) is 21.7 Å². The molecule has 1 aliphatic carbocycles. The van der Waals surface area contributed by atoms with E-state index in [0.717, 1.165) is 6.42 Å². The van der Waals surface area contributed by atoms with Gasteiger partial charge in [-0.3, -0.25) is 6.08 Å². The molecule has 0 amide bonds. The number of allylic oxidation sites excluding steroid dienone is 4. The van der Waals surface area contributed by atoms with Crippen molar-refractivity contribution in [3.8, 4) is 0 Å². The average molecular weight is 314 g/mol. The molecular weight excluding hydrogens is 291 g/mol. The third kappa shape index (κ3) is 7.34. The van der Waals surface area contributed by atoms with E-state index >= 15 is 0 Å². The van der Waals surface area contributed by atoms with Crippen LogP contribution in [0.2, 0.25) is 19.6 Å². The number of rotatable bonds is 4. The molecule has 0 aromatic rings. The van der Waals surface area contributed by atoms with Gasteiger partial charge in [0.15, 0.2) is 0 Å². The van der Waals surface area contributed by atoms with Crippen molar-refractivity contribution in [2.24, 2.45) is 0 Å². The molecule has 0 saturated heterocycles. The zero-order valence-electron chi connectivity index (χ0n) is 10.7. The van der Waals surface area contributed by atoms with Crippen molar-refractivity contribution >= 4 is 32.9 Å². The summed E-state index contributed by atoms with van der Waals surface area (Å²) in [7, 11) is -1.03. The van der Waals surface area contributed by atoms with Gasteiger partial charge in [-0.1, -0.05) is 45.8 Å². The molecule has 1 rings (SSSR count). The summed E-state index contributed by atoms with van der Waals surface area (Å²) in [6, 6.07) is 0. The number of hydrogen-bond donors (Lipinski definition) is 0. The third-order valence-corrected chi connectivity index (χ3v) is 4.87. The van der Waals surface area contributed by atoms with Crippen LogP contribution in [0.15, 0.2) is 16.8 Å². The Hall–Kier alpha value is 0.991. The summed E-state index contributed by atoms with van der Waals surface area (Å²) in [6.07, 6.45) is 10.9. The quantitative estimate of drug-likeness (QED) is 0.508. The van der Waals surface area contributed by atoms with E-state index in [2.05, 4.69) is 38.7 Å². The van der Waals surface area contributed by atoms with Gasteiger partial charge in [0.1, 0.15) is 0 Å². The fraction of sp³-hybridized carbons (Fsp3) is 0.667. The molecule has 0 fully saturated rings. The second kappa shape index (κ2) is 9.96. The monoisotopic (exact) mass is 313 g/mol. The maximum atomic E-state index is 3.51. The maximum Gasteiger partial charge on any atom is 0.0526 e. The Labute approximate surface area is 129 Å². The number of hydrogen-bond acceptors (Lipinski definition) is 0. The normalized spacial score (nSPS) is 14.0. The van der Waals surface area contributed by atoms with E-state index in [0.29, 0.717) is 0 Å². The summed E-state index contributed by atoms with van der Waals surface area (Å²) in [4.78, 5) is 0. The molecule has 0 nitrogen and oxygen atoms in total. The van der Waals surface area contributed by atoms with Gasteiger partial charge in [0, 0.05) is 21.7 Å². The molecule has 4 heteroatoms. The summed E-state index contributed by atoms with van der Waals surface area (Å²) < 4.78 is 0. The van der Waals surface area contributed by atoms with Crippen LogP contribution in [0.4, 0.5) is 0 Å². The first-order valence-corrected chi connectivity index (χ1v) is 8.85. The van der Waals surface area contributed by atoms with Crippen LogP contribution in [-0.4, -0.2) is 8.07 Å². The topological polar surface area (TPSA) is 0 Å². The molecule has 0 aliphatic heterocycles. The summed E-state index contributed by atoms with van der Waals surface area (Å²) in [5.74, 6) is 0. The number of unbranched alkanes of at least 4 members (excludes halogenated alkanes) is 1. The van der Waals surface area contributed by atoms with E-state index in [1.165, 1.54) is 24.8 Å². The van der Waals surface area contributed by atoms with Gasteiger partial charge < -0.3 is 0 Å².